The highest BCUT2D eigenvalue weighted by Gasteiger charge is 2.43. The number of aryl methyl sites for hydroxylation is 1. The first-order valence-electron chi connectivity index (χ1n) is 12.0. The van der Waals surface area contributed by atoms with Gasteiger partial charge in [-0.1, -0.05) is 13.8 Å². The molecule has 1 aliphatic carbocycles. The first-order chi connectivity index (χ1) is 15.6. The SMILES string of the molecule is CCc1c(C)nc2cc(C3CCC(C(F)(F)F)CC3)nn2c1N1CCC[C@@](CC)(C(=O)O)C1. The van der Waals surface area contributed by atoms with Crippen LogP contribution in [0.25, 0.3) is 5.65 Å². The Morgan fingerprint density at radius 3 is 2.52 bits per heavy atom. The van der Waals surface area contributed by atoms with Crippen LogP contribution in [-0.2, 0) is 11.2 Å². The fourth-order valence-electron chi connectivity index (χ4n) is 5.74. The van der Waals surface area contributed by atoms with E-state index in [2.05, 4.69) is 11.8 Å². The predicted molar refractivity (Wildman–Crippen MR) is 120 cm³/mol. The molecular weight excluding hydrogens is 433 g/mol. The van der Waals surface area contributed by atoms with Gasteiger partial charge in [-0.25, -0.2) is 4.98 Å². The summed E-state index contributed by atoms with van der Waals surface area (Å²) >= 11 is 0. The highest BCUT2D eigenvalue weighted by Crippen LogP contribution is 2.43. The summed E-state index contributed by atoms with van der Waals surface area (Å²) in [5, 5.41) is 14.8. The number of hydrogen-bond donors (Lipinski definition) is 1. The number of alkyl halides is 3. The number of piperidine rings is 1. The number of halogens is 3. The molecule has 0 unspecified atom stereocenters. The van der Waals surface area contributed by atoms with E-state index in [4.69, 9.17) is 10.1 Å². The van der Waals surface area contributed by atoms with Crippen molar-refractivity contribution in [3.63, 3.8) is 0 Å². The zero-order chi connectivity index (χ0) is 24.0. The van der Waals surface area contributed by atoms with Gasteiger partial charge in [0, 0.05) is 36.3 Å². The monoisotopic (exact) mass is 466 g/mol. The standard InChI is InChI=1S/C24H33F3N4O2/c1-4-18-15(3)28-20-13-19(16-7-9-17(10-8-16)24(25,26)27)29-31(20)21(18)30-12-6-11-23(5-2,14-30)22(32)33/h13,16-17H,4-12,14H2,1-3H3,(H,32,33)/t16?,17?,23-/m1/s1. The molecule has 2 aliphatic rings. The summed E-state index contributed by atoms with van der Waals surface area (Å²) in [5.74, 6) is -1.12. The Balaban J connectivity index is 1.71. The lowest BCUT2D eigenvalue weighted by Gasteiger charge is -2.41. The highest BCUT2D eigenvalue weighted by molar-refractivity contribution is 5.76. The zero-order valence-corrected chi connectivity index (χ0v) is 19.6. The van der Waals surface area contributed by atoms with Crippen LogP contribution in [0.1, 0.15) is 81.7 Å². The first kappa shape index (κ1) is 23.8. The molecule has 1 saturated heterocycles. The number of anilines is 1. The van der Waals surface area contributed by atoms with Gasteiger partial charge in [0.05, 0.1) is 17.0 Å². The minimum Gasteiger partial charge on any atom is -0.481 e. The van der Waals surface area contributed by atoms with Crippen LogP contribution in [-0.4, -0.2) is 44.9 Å². The molecule has 2 aromatic rings. The van der Waals surface area contributed by atoms with Crippen molar-refractivity contribution in [2.45, 2.75) is 84.2 Å². The van der Waals surface area contributed by atoms with E-state index in [9.17, 15) is 23.1 Å². The van der Waals surface area contributed by atoms with Crippen LogP contribution in [0.5, 0.6) is 0 Å². The Morgan fingerprint density at radius 1 is 1.24 bits per heavy atom. The fourth-order valence-corrected chi connectivity index (χ4v) is 5.74. The lowest BCUT2D eigenvalue weighted by molar-refractivity contribution is -0.182. The number of carbonyl (C=O) groups is 1. The van der Waals surface area contributed by atoms with E-state index >= 15 is 0 Å². The van der Waals surface area contributed by atoms with Gasteiger partial charge < -0.3 is 10.0 Å². The van der Waals surface area contributed by atoms with E-state index in [1.54, 1.807) is 0 Å². The van der Waals surface area contributed by atoms with Gasteiger partial charge in [-0.3, -0.25) is 4.79 Å². The molecule has 4 rings (SSSR count). The molecule has 0 aromatic carbocycles. The zero-order valence-electron chi connectivity index (χ0n) is 19.6. The minimum absolute atomic E-state index is 0.0151. The molecule has 1 aliphatic heterocycles. The number of carboxylic acid groups (broad SMARTS) is 1. The number of hydrogen-bond acceptors (Lipinski definition) is 4. The van der Waals surface area contributed by atoms with Crippen LogP contribution in [0.4, 0.5) is 19.0 Å². The van der Waals surface area contributed by atoms with Crippen molar-refractivity contribution in [3.05, 3.63) is 23.0 Å². The molecule has 1 atom stereocenters. The number of aromatic nitrogens is 3. The number of rotatable bonds is 5. The summed E-state index contributed by atoms with van der Waals surface area (Å²) in [6.07, 6.45) is -0.223. The van der Waals surface area contributed by atoms with E-state index in [1.165, 1.54) is 0 Å². The summed E-state index contributed by atoms with van der Waals surface area (Å²) < 4.78 is 41.1. The minimum atomic E-state index is -4.13. The maximum atomic E-state index is 13.1. The lowest BCUT2D eigenvalue weighted by atomic mass is 9.77. The third-order valence-corrected chi connectivity index (χ3v) is 7.87. The van der Waals surface area contributed by atoms with Gasteiger partial charge in [-0.2, -0.15) is 22.8 Å². The second-order valence-electron chi connectivity index (χ2n) is 9.75. The molecule has 1 saturated carbocycles. The second kappa shape index (κ2) is 8.80. The molecule has 182 valence electrons. The topological polar surface area (TPSA) is 70.7 Å². The van der Waals surface area contributed by atoms with Crippen LogP contribution in [0.3, 0.4) is 0 Å². The highest BCUT2D eigenvalue weighted by atomic mass is 19.4. The van der Waals surface area contributed by atoms with Crippen molar-refractivity contribution < 1.29 is 23.1 Å². The third kappa shape index (κ3) is 4.30. The number of nitrogens with zero attached hydrogens (tertiary/aromatic N) is 4. The van der Waals surface area contributed by atoms with Gasteiger partial charge in [0.2, 0.25) is 0 Å². The molecule has 3 heterocycles. The third-order valence-electron chi connectivity index (χ3n) is 7.87. The Hall–Kier alpha value is -2.32. The van der Waals surface area contributed by atoms with Crippen molar-refractivity contribution in [3.8, 4) is 0 Å². The smallest absolute Gasteiger partial charge is 0.391 e. The van der Waals surface area contributed by atoms with Crippen LogP contribution in [0, 0.1) is 18.3 Å². The van der Waals surface area contributed by atoms with E-state index in [1.807, 2.05) is 24.4 Å². The number of carboxylic acids is 1. The summed E-state index contributed by atoms with van der Waals surface area (Å²) in [6.45, 7) is 7.09. The number of fused-ring (bicyclic) bond motifs is 1. The predicted octanol–water partition coefficient (Wildman–Crippen LogP) is 5.52. The van der Waals surface area contributed by atoms with E-state index in [0.717, 1.165) is 42.2 Å². The first-order valence-corrected chi connectivity index (χ1v) is 12.0. The summed E-state index contributed by atoms with van der Waals surface area (Å²) in [5.41, 5.74) is 2.59. The van der Waals surface area contributed by atoms with E-state index in [-0.39, 0.29) is 18.8 Å². The molecule has 0 spiro atoms. The molecule has 0 bridgehead atoms. The van der Waals surface area contributed by atoms with Crippen LogP contribution >= 0.6 is 0 Å². The second-order valence-corrected chi connectivity index (χ2v) is 9.75. The summed E-state index contributed by atoms with van der Waals surface area (Å²) in [4.78, 5) is 19.0. The molecule has 0 amide bonds. The van der Waals surface area contributed by atoms with Gasteiger partial charge in [-0.15, -0.1) is 0 Å². The molecule has 9 heteroatoms. The lowest BCUT2D eigenvalue weighted by Crippen LogP contribution is -2.48. The van der Waals surface area contributed by atoms with Gasteiger partial charge in [-0.05, 0) is 58.3 Å². The van der Waals surface area contributed by atoms with Gasteiger partial charge in [0.1, 0.15) is 5.82 Å². The molecule has 0 radical (unpaired) electrons. The summed E-state index contributed by atoms with van der Waals surface area (Å²) in [6, 6.07) is 1.91. The molecule has 2 fully saturated rings. The van der Waals surface area contributed by atoms with Crippen molar-refractivity contribution in [1.29, 1.82) is 0 Å². The molecular formula is C24H33F3N4O2. The summed E-state index contributed by atoms with van der Waals surface area (Å²) in [7, 11) is 0. The normalized spacial score (nSPS) is 26.7. The van der Waals surface area contributed by atoms with Gasteiger partial charge >= 0.3 is 12.1 Å². The Bertz CT molecular complexity index is 1030. The number of aliphatic carboxylic acids is 1. The van der Waals surface area contributed by atoms with Crippen LogP contribution < -0.4 is 4.90 Å². The quantitative estimate of drug-likeness (QED) is 0.629. The van der Waals surface area contributed by atoms with E-state index < -0.39 is 23.5 Å². The molecule has 1 N–H and O–H groups in total. The van der Waals surface area contributed by atoms with Gasteiger partial charge in [0.15, 0.2) is 5.65 Å². The van der Waals surface area contributed by atoms with Crippen molar-refractivity contribution >= 4 is 17.4 Å². The Morgan fingerprint density at radius 2 is 1.94 bits per heavy atom. The van der Waals surface area contributed by atoms with Crippen LogP contribution in [0.15, 0.2) is 6.07 Å². The molecule has 33 heavy (non-hydrogen) atoms. The Kier molecular flexibility index (Phi) is 6.35. The van der Waals surface area contributed by atoms with Gasteiger partial charge in [0.25, 0.3) is 0 Å². The average Bonchev–Trinajstić information content (AvgIpc) is 3.20. The van der Waals surface area contributed by atoms with Crippen molar-refractivity contribution in [1.82, 2.24) is 14.6 Å². The largest absolute Gasteiger partial charge is 0.481 e. The molecule has 2 aromatic heterocycles. The maximum absolute atomic E-state index is 13.1. The maximum Gasteiger partial charge on any atom is 0.391 e. The van der Waals surface area contributed by atoms with Crippen molar-refractivity contribution in [2.24, 2.45) is 11.3 Å². The Labute approximate surface area is 192 Å². The van der Waals surface area contributed by atoms with E-state index in [0.29, 0.717) is 37.9 Å². The van der Waals surface area contributed by atoms with Crippen LogP contribution in [0.2, 0.25) is 0 Å². The average molecular weight is 467 g/mol. The van der Waals surface area contributed by atoms with Crippen molar-refractivity contribution in [2.75, 3.05) is 18.0 Å². The molecule has 6 nitrogen and oxygen atoms in total. The fraction of sp³-hybridized carbons (Fsp3) is 0.708.